The molecule has 0 saturated heterocycles. The van der Waals surface area contributed by atoms with E-state index in [0.29, 0.717) is 12.4 Å². The van der Waals surface area contributed by atoms with Crippen LogP contribution in [-0.2, 0) is 16.0 Å². The summed E-state index contributed by atoms with van der Waals surface area (Å²) in [5.41, 5.74) is 5.51. The zero-order chi connectivity index (χ0) is 12.8. The number of furan rings is 1. The summed E-state index contributed by atoms with van der Waals surface area (Å²) in [5, 5.41) is 2.79. The van der Waals surface area contributed by atoms with Gasteiger partial charge in [-0.3, -0.25) is 4.79 Å². The summed E-state index contributed by atoms with van der Waals surface area (Å²) in [4.78, 5) is 11.5. The molecule has 1 aromatic rings. The molecule has 0 aromatic carbocycles. The van der Waals surface area contributed by atoms with E-state index in [4.69, 9.17) is 14.9 Å². The van der Waals surface area contributed by atoms with Crippen LogP contribution >= 0.6 is 0 Å². The maximum Gasteiger partial charge on any atom is 0.237 e. The van der Waals surface area contributed by atoms with Gasteiger partial charge in [-0.1, -0.05) is 6.92 Å². The van der Waals surface area contributed by atoms with Gasteiger partial charge in [0.1, 0.15) is 17.6 Å². The van der Waals surface area contributed by atoms with Gasteiger partial charge in [0.25, 0.3) is 0 Å². The van der Waals surface area contributed by atoms with Crippen molar-refractivity contribution in [3.63, 3.8) is 0 Å². The monoisotopic (exact) mass is 240 g/mol. The first-order valence-corrected chi connectivity index (χ1v) is 5.72. The van der Waals surface area contributed by atoms with Crippen molar-refractivity contribution in [2.75, 3.05) is 13.7 Å². The Labute approximate surface area is 101 Å². The summed E-state index contributed by atoms with van der Waals surface area (Å²) in [6, 6.07) is 2.91. The largest absolute Gasteiger partial charge is 0.464 e. The second-order valence-electron chi connectivity index (χ2n) is 3.96. The number of hydrogen-bond donors (Lipinski definition) is 2. The van der Waals surface area contributed by atoms with Gasteiger partial charge in [-0.25, -0.2) is 0 Å². The van der Waals surface area contributed by atoms with E-state index in [1.807, 2.05) is 19.1 Å². The number of aryl methyl sites for hydroxylation is 1. The van der Waals surface area contributed by atoms with E-state index in [-0.39, 0.29) is 11.9 Å². The lowest BCUT2D eigenvalue weighted by atomic mass is 10.2. The molecule has 2 unspecified atom stereocenters. The van der Waals surface area contributed by atoms with Crippen LogP contribution in [0.4, 0.5) is 0 Å². The lowest BCUT2D eigenvalue weighted by Crippen LogP contribution is -2.41. The van der Waals surface area contributed by atoms with E-state index in [1.54, 1.807) is 14.0 Å². The van der Waals surface area contributed by atoms with Crippen LogP contribution in [0.1, 0.15) is 31.4 Å². The number of amides is 1. The Bertz CT molecular complexity index is 360. The highest BCUT2D eigenvalue weighted by Gasteiger charge is 2.19. The van der Waals surface area contributed by atoms with E-state index in [9.17, 15) is 4.79 Å². The van der Waals surface area contributed by atoms with Crippen LogP contribution in [0.5, 0.6) is 0 Å². The number of rotatable bonds is 6. The third-order valence-corrected chi connectivity index (χ3v) is 2.44. The predicted octanol–water partition coefficient (Wildman–Crippen LogP) is 0.993. The number of nitrogens with one attached hydrogen (secondary N) is 1. The number of ether oxygens (including phenoxy) is 1. The van der Waals surface area contributed by atoms with Gasteiger partial charge in [-0.2, -0.15) is 0 Å². The molecule has 0 radical (unpaired) electrons. The minimum absolute atomic E-state index is 0.221. The molecule has 0 aliphatic heterocycles. The van der Waals surface area contributed by atoms with Crippen LogP contribution in [0, 0.1) is 0 Å². The molecule has 2 atom stereocenters. The third kappa shape index (κ3) is 3.87. The van der Waals surface area contributed by atoms with Crippen LogP contribution in [0.3, 0.4) is 0 Å². The van der Waals surface area contributed by atoms with Crippen molar-refractivity contribution < 1.29 is 13.9 Å². The first-order chi connectivity index (χ1) is 8.08. The van der Waals surface area contributed by atoms with Crippen molar-refractivity contribution in [2.45, 2.75) is 32.4 Å². The van der Waals surface area contributed by atoms with Crippen LogP contribution in [0.2, 0.25) is 0 Å². The molecule has 0 bridgehead atoms. The standard InChI is InChI=1S/C12H20N2O3/c1-4-9-5-6-11(17-9)10(7-16-3)14-12(15)8(2)13/h5-6,8,10H,4,7,13H2,1-3H3,(H,14,15). The molecule has 17 heavy (non-hydrogen) atoms. The average molecular weight is 240 g/mol. The SMILES string of the molecule is CCc1ccc(C(COC)NC(=O)C(C)N)o1. The fraction of sp³-hybridized carbons (Fsp3) is 0.583. The lowest BCUT2D eigenvalue weighted by molar-refractivity contribution is -0.123. The highest BCUT2D eigenvalue weighted by atomic mass is 16.5. The van der Waals surface area contributed by atoms with E-state index in [1.165, 1.54) is 0 Å². The van der Waals surface area contributed by atoms with E-state index >= 15 is 0 Å². The summed E-state index contributed by atoms with van der Waals surface area (Å²) < 4.78 is 10.7. The second-order valence-corrected chi connectivity index (χ2v) is 3.96. The summed E-state index contributed by atoms with van der Waals surface area (Å²) in [6.45, 7) is 4.00. The molecule has 5 heteroatoms. The number of carbonyl (C=O) groups excluding carboxylic acids is 1. The molecule has 5 nitrogen and oxygen atoms in total. The summed E-state index contributed by atoms with van der Waals surface area (Å²) in [5.74, 6) is 1.36. The van der Waals surface area contributed by atoms with Gasteiger partial charge in [0, 0.05) is 13.5 Å². The van der Waals surface area contributed by atoms with Crippen LogP contribution in [-0.4, -0.2) is 25.7 Å². The van der Waals surface area contributed by atoms with Crippen molar-refractivity contribution >= 4 is 5.91 Å². The first-order valence-electron chi connectivity index (χ1n) is 5.72. The molecule has 0 spiro atoms. The van der Waals surface area contributed by atoms with Crippen LogP contribution < -0.4 is 11.1 Å². The summed E-state index contributed by atoms with van der Waals surface area (Å²) in [7, 11) is 1.58. The van der Waals surface area contributed by atoms with Gasteiger partial charge in [-0.15, -0.1) is 0 Å². The molecule has 1 amide bonds. The molecule has 96 valence electrons. The predicted molar refractivity (Wildman–Crippen MR) is 64.5 cm³/mol. The molecule has 1 rings (SSSR count). The molecule has 1 heterocycles. The van der Waals surface area contributed by atoms with Crippen molar-refractivity contribution in [3.05, 3.63) is 23.7 Å². The van der Waals surface area contributed by atoms with Gasteiger partial charge < -0.3 is 20.2 Å². The van der Waals surface area contributed by atoms with Gasteiger partial charge in [-0.05, 0) is 19.1 Å². The molecule has 0 saturated carbocycles. The zero-order valence-electron chi connectivity index (χ0n) is 10.5. The van der Waals surface area contributed by atoms with Crippen LogP contribution in [0.25, 0.3) is 0 Å². The maximum atomic E-state index is 11.5. The smallest absolute Gasteiger partial charge is 0.237 e. The Balaban J connectivity index is 2.74. The van der Waals surface area contributed by atoms with Crippen LogP contribution in [0.15, 0.2) is 16.5 Å². The Morgan fingerprint density at radius 2 is 2.29 bits per heavy atom. The number of carbonyl (C=O) groups is 1. The van der Waals surface area contributed by atoms with Crippen molar-refractivity contribution in [1.29, 1.82) is 0 Å². The Kier molecular flexibility index (Phi) is 5.18. The number of methoxy groups -OCH3 is 1. The average Bonchev–Trinajstić information content (AvgIpc) is 2.76. The van der Waals surface area contributed by atoms with E-state index < -0.39 is 6.04 Å². The summed E-state index contributed by atoms with van der Waals surface area (Å²) >= 11 is 0. The Hall–Kier alpha value is -1.33. The van der Waals surface area contributed by atoms with Gasteiger partial charge in [0.2, 0.25) is 5.91 Å². The zero-order valence-corrected chi connectivity index (χ0v) is 10.5. The third-order valence-electron chi connectivity index (χ3n) is 2.44. The first kappa shape index (κ1) is 13.7. The van der Waals surface area contributed by atoms with Gasteiger partial charge >= 0.3 is 0 Å². The van der Waals surface area contributed by atoms with Crippen molar-refractivity contribution in [1.82, 2.24) is 5.32 Å². The molecular formula is C12H20N2O3. The normalized spacial score (nSPS) is 14.4. The van der Waals surface area contributed by atoms with E-state index in [0.717, 1.165) is 12.2 Å². The Morgan fingerprint density at radius 3 is 2.76 bits per heavy atom. The highest BCUT2D eigenvalue weighted by molar-refractivity contribution is 5.81. The van der Waals surface area contributed by atoms with Gasteiger partial charge in [0.15, 0.2) is 0 Å². The van der Waals surface area contributed by atoms with Gasteiger partial charge in [0.05, 0.1) is 12.6 Å². The molecule has 1 aromatic heterocycles. The number of hydrogen-bond acceptors (Lipinski definition) is 4. The number of nitrogens with two attached hydrogens (primary N) is 1. The minimum Gasteiger partial charge on any atom is -0.464 e. The topological polar surface area (TPSA) is 77.5 Å². The Morgan fingerprint density at radius 1 is 1.59 bits per heavy atom. The molecule has 3 N–H and O–H groups in total. The van der Waals surface area contributed by atoms with Crippen molar-refractivity contribution in [2.24, 2.45) is 5.73 Å². The van der Waals surface area contributed by atoms with E-state index in [2.05, 4.69) is 5.32 Å². The molecule has 0 fully saturated rings. The molecule has 0 aliphatic carbocycles. The quantitative estimate of drug-likeness (QED) is 0.777. The minimum atomic E-state index is -0.546. The molecule has 0 aliphatic rings. The fourth-order valence-electron chi connectivity index (χ4n) is 1.44. The van der Waals surface area contributed by atoms with Crippen molar-refractivity contribution in [3.8, 4) is 0 Å². The highest BCUT2D eigenvalue weighted by Crippen LogP contribution is 2.17. The maximum absolute atomic E-state index is 11.5. The summed E-state index contributed by atoms with van der Waals surface area (Å²) in [6.07, 6.45) is 0.820. The molecular weight excluding hydrogens is 220 g/mol. The second kappa shape index (κ2) is 6.42. The lowest BCUT2D eigenvalue weighted by Gasteiger charge is -2.17. The fourth-order valence-corrected chi connectivity index (χ4v) is 1.44.